The Balaban J connectivity index is 1.30. The number of nitrogens with zero attached hydrogens (tertiary/aromatic N) is 4. The normalized spacial score (nSPS) is 14.6. The summed E-state index contributed by atoms with van der Waals surface area (Å²) in [6.07, 6.45) is -0.643. The van der Waals surface area contributed by atoms with Crippen LogP contribution in [0.2, 0.25) is 0 Å². The van der Waals surface area contributed by atoms with Crippen LogP contribution in [0.3, 0.4) is 0 Å². The number of ether oxygens (including phenoxy) is 2. The van der Waals surface area contributed by atoms with E-state index in [1.54, 1.807) is 11.8 Å². The van der Waals surface area contributed by atoms with Crippen molar-refractivity contribution in [3.05, 3.63) is 66.5 Å². The van der Waals surface area contributed by atoms with E-state index >= 15 is 0 Å². The first kappa shape index (κ1) is 22.5. The number of anilines is 1. The van der Waals surface area contributed by atoms with Crippen molar-refractivity contribution in [2.45, 2.75) is 20.0 Å². The first-order valence-corrected chi connectivity index (χ1v) is 11.1. The maximum absolute atomic E-state index is 13.0. The van der Waals surface area contributed by atoms with Gasteiger partial charge in [-0.05, 0) is 74.5 Å². The van der Waals surface area contributed by atoms with Gasteiger partial charge in [0.25, 0.3) is 5.91 Å². The largest absolute Gasteiger partial charge is 0.494 e. The molecule has 1 aliphatic rings. The van der Waals surface area contributed by atoms with Crippen LogP contribution in [0.5, 0.6) is 11.5 Å². The molecule has 0 radical (unpaired) electrons. The first-order chi connectivity index (χ1) is 16.0. The van der Waals surface area contributed by atoms with Crippen molar-refractivity contribution < 1.29 is 18.7 Å². The van der Waals surface area contributed by atoms with Crippen LogP contribution in [-0.2, 0) is 4.79 Å². The molecule has 1 saturated heterocycles. The second kappa shape index (κ2) is 10.3. The van der Waals surface area contributed by atoms with Gasteiger partial charge in [-0.1, -0.05) is 0 Å². The number of carbonyl (C=O) groups is 1. The Bertz CT molecular complexity index is 1050. The molecule has 1 amide bonds. The molecule has 172 valence electrons. The number of aromatic nitrogens is 2. The van der Waals surface area contributed by atoms with E-state index in [1.807, 2.05) is 43.3 Å². The Morgan fingerprint density at radius 2 is 1.61 bits per heavy atom. The van der Waals surface area contributed by atoms with Crippen LogP contribution in [0.1, 0.15) is 13.8 Å². The minimum Gasteiger partial charge on any atom is -0.494 e. The van der Waals surface area contributed by atoms with E-state index in [4.69, 9.17) is 9.47 Å². The molecule has 4 rings (SSSR count). The van der Waals surface area contributed by atoms with E-state index in [9.17, 15) is 9.18 Å². The Hall–Kier alpha value is -3.68. The van der Waals surface area contributed by atoms with E-state index in [2.05, 4.69) is 15.1 Å². The summed E-state index contributed by atoms with van der Waals surface area (Å²) < 4.78 is 24.2. The van der Waals surface area contributed by atoms with E-state index in [0.717, 1.165) is 22.8 Å². The van der Waals surface area contributed by atoms with E-state index in [1.165, 1.54) is 24.3 Å². The molecule has 7 nitrogen and oxygen atoms in total. The third-order valence-corrected chi connectivity index (χ3v) is 5.50. The molecule has 2 aromatic carbocycles. The number of benzene rings is 2. The molecular weight excluding hydrogens is 423 g/mol. The maximum atomic E-state index is 13.0. The Morgan fingerprint density at radius 3 is 2.21 bits per heavy atom. The standard InChI is InChI=1S/C25H27FN4O3/c1-3-32-21-8-4-19(5-9-21)23-12-13-24(28-27-23)29-14-16-30(17-15-29)25(31)18(2)33-22-10-6-20(26)7-11-22/h4-13,18H,3,14-17H2,1-2H3. The Labute approximate surface area is 192 Å². The average Bonchev–Trinajstić information content (AvgIpc) is 2.86. The van der Waals surface area contributed by atoms with E-state index in [0.29, 0.717) is 38.5 Å². The summed E-state index contributed by atoms with van der Waals surface area (Å²) in [7, 11) is 0. The van der Waals surface area contributed by atoms with Crippen LogP contribution in [0.4, 0.5) is 10.2 Å². The lowest BCUT2D eigenvalue weighted by Gasteiger charge is -2.36. The van der Waals surface area contributed by atoms with Gasteiger partial charge < -0.3 is 19.3 Å². The zero-order valence-corrected chi connectivity index (χ0v) is 18.8. The maximum Gasteiger partial charge on any atom is 0.263 e. The van der Waals surface area contributed by atoms with Gasteiger partial charge >= 0.3 is 0 Å². The van der Waals surface area contributed by atoms with Gasteiger partial charge in [0.05, 0.1) is 12.3 Å². The van der Waals surface area contributed by atoms with Gasteiger partial charge in [0.1, 0.15) is 17.3 Å². The van der Waals surface area contributed by atoms with Crippen molar-refractivity contribution >= 4 is 11.7 Å². The van der Waals surface area contributed by atoms with Crippen LogP contribution in [-0.4, -0.2) is 59.9 Å². The highest BCUT2D eigenvalue weighted by Crippen LogP contribution is 2.22. The summed E-state index contributed by atoms with van der Waals surface area (Å²) in [6.45, 7) is 6.75. The van der Waals surface area contributed by atoms with Gasteiger partial charge in [0, 0.05) is 31.7 Å². The number of hydrogen-bond acceptors (Lipinski definition) is 6. The highest BCUT2D eigenvalue weighted by Gasteiger charge is 2.26. The number of amides is 1. The van der Waals surface area contributed by atoms with E-state index < -0.39 is 6.10 Å². The number of rotatable bonds is 7. The predicted octanol–water partition coefficient (Wildman–Crippen LogP) is 3.80. The molecule has 0 aliphatic carbocycles. The summed E-state index contributed by atoms with van der Waals surface area (Å²) in [5.41, 5.74) is 1.77. The number of halogens is 1. The van der Waals surface area contributed by atoms with Crippen LogP contribution < -0.4 is 14.4 Å². The molecule has 33 heavy (non-hydrogen) atoms. The van der Waals surface area contributed by atoms with Crippen molar-refractivity contribution in [3.8, 4) is 22.8 Å². The first-order valence-electron chi connectivity index (χ1n) is 11.1. The smallest absolute Gasteiger partial charge is 0.263 e. The lowest BCUT2D eigenvalue weighted by molar-refractivity contribution is -0.138. The minimum absolute atomic E-state index is 0.0871. The molecule has 0 N–H and O–H groups in total. The third kappa shape index (κ3) is 5.58. The number of carbonyl (C=O) groups excluding carboxylic acids is 1. The summed E-state index contributed by atoms with van der Waals surface area (Å²) >= 11 is 0. The summed E-state index contributed by atoms with van der Waals surface area (Å²) in [5.74, 6) is 1.66. The van der Waals surface area contributed by atoms with Crippen molar-refractivity contribution in [3.63, 3.8) is 0 Å². The molecule has 1 unspecified atom stereocenters. The highest BCUT2D eigenvalue weighted by molar-refractivity contribution is 5.81. The minimum atomic E-state index is -0.643. The fraction of sp³-hybridized carbons (Fsp3) is 0.320. The van der Waals surface area contributed by atoms with Crippen molar-refractivity contribution in [2.24, 2.45) is 0 Å². The molecule has 2 heterocycles. The molecule has 1 fully saturated rings. The second-order valence-corrected chi connectivity index (χ2v) is 7.76. The van der Waals surface area contributed by atoms with Crippen LogP contribution >= 0.6 is 0 Å². The average molecular weight is 451 g/mol. The summed E-state index contributed by atoms with van der Waals surface area (Å²) in [6, 6.07) is 17.4. The monoisotopic (exact) mass is 450 g/mol. The fourth-order valence-corrected chi connectivity index (χ4v) is 3.72. The molecule has 8 heteroatoms. The molecule has 1 aliphatic heterocycles. The SMILES string of the molecule is CCOc1ccc(-c2ccc(N3CCN(C(=O)C(C)Oc4ccc(F)cc4)CC3)nn2)cc1. The van der Waals surface area contributed by atoms with Gasteiger partial charge in [0.15, 0.2) is 11.9 Å². The molecule has 0 saturated carbocycles. The fourth-order valence-electron chi connectivity index (χ4n) is 3.72. The topological polar surface area (TPSA) is 67.8 Å². The molecule has 1 aromatic heterocycles. The van der Waals surface area contributed by atoms with Gasteiger partial charge in [-0.15, -0.1) is 10.2 Å². The molecule has 1 atom stereocenters. The Kier molecular flexibility index (Phi) is 7.02. The zero-order chi connectivity index (χ0) is 23.2. The molecule has 3 aromatic rings. The van der Waals surface area contributed by atoms with Gasteiger partial charge in [0.2, 0.25) is 0 Å². The highest BCUT2D eigenvalue weighted by atomic mass is 19.1. The third-order valence-electron chi connectivity index (χ3n) is 5.50. The summed E-state index contributed by atoms with van der Waals surface area (Å²) in [5, 5.41) is 8.77. The number of piperazine rings is 1. The molecule has 0 bridgehead atoms. The lowest BCUT2D eigenvalue weighted by Crippen LogP contribution is -2.52. The predicted molar refractivity (Wildman–Crippen MR) is 124 cm³/mol. The number of hydrogen-bond donors (Lipinski definition) is 0. The van der Waals surface area contributed by atoms with Gasteiger partial charge in [-0.25, -0.2) is 4.39 Å². The quantitative estimate of drug-likeness (QED) is 0.546. The summed E-state index contributed by atoms with van der Waals surface area (Å²) in [4.78, 5) is 16.6. The zero-order valence-electron chi connectivity index (χ0n) is 18.8. The van der Waals surface area contributed by atoms with Gasteiger partial charge in [-0.2, -0.15) is 0 Å². The van der Waals surface area contributed by atoms with Crippen molar-refractivity contribution in [1.82, 2.24) is 15.1 Å². The van der Waals surface area contributed by atoms with Gasteiger partial charge in [-0.3, -0.25) is 4.79 Å². The van der Waals surface area contributed by atoms with Crippen molar-refractivity contribution in [1.29, 1.82) is 0 Å². The second-order valence-electron chi connectivity index (χ2n) is 7.76. The molecular formula is C25H27FN4O3. The van der Waals surface area contributed by atoms with Crippen LogP contribution in [0, 0.1) is 5.82 Å². The van der Waals surface area contributed by atoms with E-state index in [-0.39, 0.29) is 11.7 Å². The molecule has 0 spiro atoms. The van der Waals surface area contributed by atoms with Crippen LogP contribution in [0.15, 0.2) is 60.7 Å². The Morgan fingerprint density at radius 1 is 0.939 bits per heavy atom. The van der Waals surface area contributed by atoms with Crippen molar-refractivity contribution in [2.75, 3.05) is 37.7 Å². The lowest BCUT2D eigenvalue weighted by atomic mass is 10.1. The van der Waals surface area contributed by atoms with Crippen LogP contribution in [0.25, 0.3) is 11.3 Å².